The zero-order chi connectivity index (χ0) is 40.1. The zero-order valence-electron chi connectivity index (χ0n) is 29.1. The van der Waals surface area contributed by atoms with Gasteiger partial charge in [0, 0.05) is 59.2 Å². The fourth-order valence-electron chi connectivity index (χ4n) is 4.65. The third-order valence-electron chi connectivity index (χ3n) is 7.68. The van der Waals surface area contributed by atoms with Crippen LogP contribution in [0.5, 0.6) is 11.5 Å². The smallest absolute Gasteiger partial charge is 0.271 e. The first-order valence-electron chi connectivity index (χ1n) is 16.1. The number of rotatable bonds is 14. The Labute approximate surface area is 320 Å². The SMILES string of the molecule is C[C@@](C#N)(CO)NC(=O)c1cc(CC(=O)Cc2cc(Cl)ccc2O)ccn1.C[C@](C#N)(CO)NC(=O)c1cc(CC(=O)Cc2cc(Cl)ccc2O)ccn1. The number of phenols is 2. The lowest BCUT2D eigenvalue weighted by molar-refractivity contribution is -0.118. The van der Waals surface area contributed by atoms with Gasteiger partial charge in [-0.1, -0.05) is 23.2 Å². The average Bonchev–Trinajstić information content (AvgIpc) is 3.14. The minimum absolute atomic E-state index is 0.00668. The molecule has 0 spiro atoms. The van der Waals surface area contributed by atoms with Crippen molar-refractivity contribution in [3.05, 3.63) is 117 Å². The van der Waals surface area contributed by atoms with Gasteiger partial charge in [-0.2, -0.15) is 10.5 Å². The summed E-state index contributed by atoms with van der Waals surface area (Å²) in [6, 6.07) is 18.7. The Morgan fingerprint density at radius 3 is 1.35 bits per heavy atom. The molecule has 0 radical (unpaired) electrons. The highest BCUT2D eigenvalue weighted by molar-refractivity contribution is 6.31. The minimum atomic E-state index is -1.42. The molecule has 0 fully saturated rings. The Balaban J connectivity index is 0.000000290. The molecule has 0 bridgehead atoms. The third kappa shape index (κ3) is 12.6. The van der Waals surface area contributed by atoms with Crippen LogP contribution < -0.4 is 10.6 Å². The summed E-state index contributed by atoms with van der Waals surface area (Å²) >= 11 is 11.8. The quantitative estimate of drug-likeness (QED) is 0.108. The monoisotopic (exact) mass is 774 g/mol. The molecular formula is C38H36Cl2N6O8. The van der Waals surface area contributed by atoms with E-state index < -0.39 is 36.1 Å². The summed E-state index contributed by atoms with van der Waals surface area (Å²) in [5.74, 6) is -1.64. The molecule has 4 rings (SSSR count). The number of carbonyl (C=O) groups is 4. The predicted octanol–water partition coefficient (Wildman–Crippen LogP) is 3.60. The Kier molecular flexibility index (Phi) is 15.2. The highest BCUT2D eigenvalue weighted by Crippen LogP contribution is 2.24. The van der Waals surface area contributed by atoms with E-state index in [1.54, 1.807) is 12.1 Å². The molecule has 14 nitrogen and oxygen atoms in total. The van der Waals surface area contributed by atoms with Crippen LogP contribution in [0.25, 0.3) is 0 Å². The molecule has 280 valence electrons. The largest absolute Gasteiger partial charge is 0.508 e. The molecule has 2 amide bonds. The summed E-state index contributed by atoms with van der Waals surface area (Å²) in [7, 11) is 0. The number of phenolic OH excluding ortho intramolecular Hbond substituents is 2. The van der Waals surface area contributed by atoms with Crippen molar-refractivity contribution in [2.75, 3.05) is 13.2 Å². The number of halogens is 2. The zero-order valence-corrected chi connectivity index (χ0v) is 30.6. The molecule has 0 aliphatic heterocycles. The second-order valence-electron chi connectivity index (χ2n) is 12.5. The molecule has 2 aromatic heterocycles. The molecule has 54 heavy (non-hydrogen) atoms. The van der Waals surface area contributed by atoms with Crippen LogP contribution in [-0.2, 0) is 35.3 Å². The van der Waals surface area contributed by atoms with Gasteiger partial charge in [0.2, 0.25) is 0 Å². The van der Waals surface area contributed by atoms with E-state index in [0.717, 1.165) is 0 Å². The van der Waals surface area contributed by atoms with Crippen molar-refractivity contribution in [2.45, 2.75) is 50.6 Å². The van der Waals surface area contributed by atoms with Crippen LogP contribution in [0, 0.1) is 22.7 Å². The van der Waals surface area contributed by atoms with Crippen molar-refractivity contribution in [2.24, 2.45) is 0 Å². The lowest BCUT2D eigenvalue weighted by Gasteiger charge is -2.20. The topological polar surface area (TPSA) is 247 Å². The van der Waals surface area contributed by atoms with Crippen LogP contribution in [0.15, 0.2) is 73.1 Å². The number of benzene rings is 2. The van der Waals surface area contributed by atoms with Gasteiger partial charge in [0.05, 0.1) is 25.4 Å². The number of nitriles is 2. The van der Waals surface area contributed by atoms with E-state index in [0.29, 0.717) is 32.3 Å². The molecule has 6 N–H and O–H groups in total. The summed E-state index contributed by atoms with van der Waals surface area (Å²) in [4.78, 5) is 56.9. The normalized spacial score (nSPS) is 12.7. The van der Waals surface area contributed by atoms with Crippen LogP contribution in [-0.4, -0.2) is 78.1 Å². The molecule has 2 aromatic carbocycles. The molecular weight excluding hydrogens is 739 g/mol. The summed E-state index contributed by atoms with van der Waals surface area (Å²) in [6.45, 7) is 1.68. The Morgan fingerprint density at radius 1 is 0.648 bits per heavy atom. The number of amides is 2. The van der Waals surface area contributed by atoms with Crippen LogP contribution in [0.2, 0.25) is 10.0 Å². The van der Waals surface area contributed by atoms with Crippen LogP contribution >= 0.6 is 23.2 Å². The van der Waals surface area contributed by atoms with Gasteiger partial charge in [-0.15, -0.1) is 0 Å². The number of hydrogen-bond donors (Lipinski definition) is 6. The number of aromatic hydroxyl groups is 2. The van der Waals surface area contributed by atoms with Gasteiger partial charge < -0.3 is 31.1 Å². The maximum Gasteiger partial charge on any atom is 0.271 e. The molecule has 4 aromatic rings. The molecule has 0 unspecified atom stereocenters. The summed E-state index contributed by atoms with van der Waals surface area (Å²) < 4.78 is 0. The van der Waals surface area contributed by atoms with Crippen molar-refractivity contribution in [3.63, 3.8) is 0 Å². The number of nitrogens with one attached hydrogen (secondary N) is 2. The van der Waals surface area contributed by atoms with Crippen LogP contribution in [0.3, 0.4) is 0 Å². The van der Waals surface area contributed by atoms with Crippen molar-refractivity contribution in [3.8, 4) is 23.6 Å². The van der Waals surface area contributed by atoms with Crippen molar-refractivity contribution >= 4 is 46.6 Å². The lowest BCUT2D eigenvalue weighted by Crippen LogP contribution is -2.48. The molecule has 2 heterocycles. The number of aromatic nitrogens is 2. The maximum atomic E-state index is 12.3. The Bertz CT molecular complexity index is 1970. The number of Topliss-reactive ketones (excluding diaryl/α,β-unsaturated/α-hetero) is 2. The predicted molar refractivity (Wildman–Crippen MR) is 197 cm³/mol. The van der Waals surface area contributed by atoms with Crippen molar-refractivity contribution in [1.29, 1.82) is 10.5 Å². The van der Waals surface area contributed by atoms with Gasteiger partial charge in [-0.25, -0.2) is 0 Å². The molecule has 0 aliphatic rings. The van der Waals surface area contributed by atoms with E-state index in [1.165, 1.54) is 74.8 Å². The van der Waals surface area contributed by atoms with E-state index in [2.05, 4.69) is 20.6 Å². The molecule has 0 saturated carbocycles. The fraction of sp³-hybridized carbons (Fsp3) is 0.263. The number of aliphatic hydroxyl groups excluding tert-OH is 2. The second kappa shape index (κ2) is 19.3. The first kappa shape index (κ1) is 42.5. The van der Waals surface area contributed by atoms with Crippen LogP contribution in [0.1, 0.15) is 57.1 Å². The van der Waals surface area contributed by atoms with Gasteiger partial charge in [0.15, 0.2) is 0 Å². The van der Waals surface area contributed by atoms with E-state index in [-0.39, 0.29) is 60.1 Å². The van der Waals surface area contributed by atoms with E-state index in [4.69, 9.17) is 33.7 Å². The van der Waals surface area contributed by atoms with Crippen molar-refractivity contribution < 1.29 is 39.6 Å². The highest BCUT2D eigenvalue weighted by Gasteiger charge is 2.27. The van der Waals surface area contributed by atoms with Crippen LogP contribution in [0.4, 0.5) is 0 Å². The summed E-state index contributed by atoms with van der Waals surface area (Å²) in [5.41, 5.74) is -0.821. The van der Waals surface area contributed by atoms with E-state index >= 15 is 0 Å². The molecule has 2 atom stereocenters. The first-order valence-corrected chi connectivity index (χ1v) is 16.9. The number of nitrogens with zero attached hydrogens (tertiary/aromatic N) is 4. The van der Waals surface area contributed by atoms with Gasteiger partial charge in [0.1, 0.15) is 45.5 Å². The number of carbonyl (C=O) groups excluding carboxylic acids is 4. The first-order chi connectivity index (χ1) is 25.5. The van der Waals surface area contributed by atoms with Gasteiger partial charge in [-0.05, 0) is 85.6 Å². The minimum Gasteiger partial charge on any atom is -0.508 e. The average molecular weight is 776 g/mol. The number of ketones is 2. The van der Waals surface area contributed by atoms with E-state index in [9.17, 15) is 39.6 Å². The van der Waals surface area contributed by atoms with Gasteiger partial charge in [-0.3, -0.25) is 29.1 Å². The number of aliphatic hydroxyl groups is 2. The maximum absolute atomic E-state index is 12.3. The van der Waals surface area contributed by atoms with Gasteiger partial charge in [0.25, 0.3) is 11.8 Å². The Hall–Kier alpha value is -5.90. The summed E-state index contributed by atoms with van der Waals surface area (Å²) in [5, 5.41) is 61.7. The van der Waals surface area contributed by atoms with E-state index in [1.807, 2.05) is 12.1 Å². The molecule has 16 heteroatoms. The fourth-order valence-corrected chi connectivity index (χ4v) is 5.04. The standard InChI is InChI=1S/2C19H18ClN3O4/c2*1-19(10-21,11-24)23-18(27)16-7-12(4-5-22-16)6-15(25)9-13-8-14(20)2-3-17(13)26/h2*2-5,7-8,24,26H,6,9,11H2,1H3,(H,23,27)/t2*19-/m10/s1. The van der Waals surface area contributed by atoms with Gasteiger partial charge >= 0.3 is 0 Å². The third-order valence-corrected chi connectivity index (χ3v) is 8.15. The Morgan fingerprint density at radius 2 is 1.02 bits per heavy atom. The second-order valence-corrected chi connectivity index (χ2v) is 13.4. The molecule has 0 aliphatic carbocycles. The summed E-state index contributed by atoms with van der Waals surface area (Å²) in [6.07, 6.45) is 2.82. The van der Waals surface area contributed by atoms with Crippen molar-refractivity contribution in [1.82, 2.24) is 20.6 Å². The number of pyridine rings is 2. The molecule has 0 saturated heterocycles. The number of hydrogen-bond acceptors (Lipinski definition) is 12. The highest BCUT2D eigenvalue weighted by atomic mass is 35.5. The lowest BCUT2D eigenvalue weighted by atomic mass is 10.0.